The minimum absolute atomic E-state index is 0.556. The summed E-state index contributed by atoms with van der Waals surface area (Å²) in [4.78, 5) is 5.41. The Kier molecular flexibility index (Phi) is 3.36. The van der Waals surface area contributed by atoms with E-state index in [0.29, 0.717) is 6.54 Å². The summed E-state index contributed by atoms with van der Waals surface area (Å²) in [6.07, 6.45) is 2.61. The molecule has 2 nitrogen and oxygen atoms in total. The molecule has 0 spiro atoms. The van der Waals surface area contributed by atoms with Crippen molar-refractivity contribution in [2.24, 2.45) is 5.73 Å². The second-order valence-electron chi connectivity index (χ2n) is 3.19. The van der Waals surface area contributed by atoms with Crippen molar-refractivity contribution in [1.82, 2.24) is 4.98 Å². The van der Waals surface area contributed by atoms with E-state index in [2.05, 4.69) is 4.98 Å². The van der Waals surface area contributed by atoms with Crippen molar-refractivity contribution in [3.8, 4) is 0 Å². The predicted molar refractivity (Wildman–Crippen MR) is 64.3 cm³/mol. The smallest absolute Gasteiger partial charge is 0.0972 e. The van der Waals surface area contributed by atoms with Crippen LogP contribution in [-0.4, -0.2) is 4.98 Å². The van der Waals surface area contributed by atoms with Gasteiger partial charge < -0.3 is 5.73 Å². The van der Waals surface area contributed by atoms with E-state index in [1.807, 2.05) is 30.5 Å². The molecule has 0 aliphatic carbocycles. The standard InChI is InChI=1S/C11H11ClN2S/c12-10-4-2-1-3-8(10)5-11-14-7-9(6-13)15-11/h1-4,7H,5-6,13H2. The molecule has 2 aromatic rings. The minimum Gasteiger partial charge on any atom is -0.326 e. The first-order chi connectivity index (χ1) is 7.29. The topological polar surface area (TPSA) is 38.9 Å². The normalized spacial score (nSPS) is 10.5. The summed E-state index contributed by atoms with van der Waals surface area (Å²) in [5, 5.41) is 1.85. The Labute approximate surface area is 97.7 Å². The maximum atomic E-state index is 6.07. The van der Waals surface area contributed by atoms with E-state index in [4.69, 9.17) is 17.3 Å². The fraction of sp³-hybridized carbons (Fsp3) is 0.182. The minimum atomic E-state index is 0.556. The molecule has 78 valence electrons. The molecule has 0 amide bonds. The van der Waals surface area contributed by atoms with Crippen LogP contribution in [0.1, 0.15) is 15.4 Å². The summed E-state index contributed by atoms with van der Waals surface area (Å²) in [6, 6.07) is 7.83. The average molecular weight is 239 g/mol. The van der Waals surface area contributed by atoms with Gasteiger partial charge >= 0.3 is 0 Å². The highest BCUT2D eigenvalue weighted by Crippen LogP contribution is 2.21. The molecule has 0 radical (unpaired) electrons. The third-order valence-corrected chi connectivity index (χ3v) is 3.49. The number of hydrogen-bond donors (Lipinski definition) is 1. The number of nitrogens with two attached hydrogens (primary N) is 1. The van der Waals surface area contributed by atoms with Crippen LogP contribution < -0.4 is 5.73 Å². The molecule has 0 fully saturated rings. The molecule has 0 bridgehead atoms. The van der Waals surface area contributed by atoms with Crippen LogP contribution in [0.25, 0.3) is 0 Å². The first-order valence-electron chi connectivity index (χ1n) is 4.66. The van der Waals surface area contributed by atoms with Gasteiger partial charge in [0.25, 0.3) is 0 Å². The second-order valence-corrected chi connectivity index (χ2v) is 4.80. The summed E-state index contributed by atoms with van der Waals surface area (Å²) in [5.74, 6) is 0. The lowest BCUT2D eigenvalue weighted by Gasteiger charge is -2.00. The van der Waals surface area contributed by atoms with Crippen molar-refractivity contribution in [2.75, 3.05) is 0 Å². The van der Waals surface area contributed by atoms with Crippen molar-refractivity contribution in [3.63, 3.8) is 0 Å². The summed E-state index contributed by atoms with van der Waals surface area (Å²) in [6.45, 7) is 0.556. The summed E-state index contributed by atoms with van der Waals surface area (Å²) in [5.41, 5.74) is 6.64. The molecule has 1 aromatic carbocycles. The van der Waals surface area contributed by atoms with Crippen molar-refractivity contribution in [1.29, 1.82) is 0 Å². The van der Waals surface area contributed by atoms with E-state index in [9.17, 15) is 0 Å². The molecule has 0 atom stereocenters. The van der Waals surface area contributed by atoms with Gasteiger partial charge in [-0.2, -0.15) is 0 Å². The van der Waals surface area contributed by atoms with Gasteiger partial charge in [-0.15, -0.1) is 11.3 Å². The molecule has 1 aromatic heterocycles. The monoisotopic (exact) mass is 238 g/mol. The van der Waals surface area contributed by atoms with Crippen LogP contribution in [0.5, 0.6) is 0 Å². The molecular formula is C11H11ClN2S. The van der Waals surface area contributed by atoms with Gasteiger partial charge in [0.05, 0.1) is 5.01 Å². The van der Waals surface area contributed by atoms with Crippen molar-refractivity contribution in [3.05, 3.63) is 50.9 Å². The molecule has 4 heteroatoms. The number of nitrogens with zero attached hydrogens (tertiary/aromatic N) is 1. The van der Waals surface area contributed by atoms with Gasteiger partial charge in [-0.25, -0.2) is 4.98 Å². The first-order valence-corrected chi connectivity index (χ1v) is 5.86. The molecule has 0 saturated carbocycles. The number of thiazole rings is 1. The largest absolute Gasteiger partial charge is 0.326 e. The number of halogens is 1. The number of aromatic nitrogens is 1. The third-order valence-electron chi connectivity index (χ3n) is 2.10. The number of benzene rings is 1. The van der Waals surface area contributed by atoms with Gasteiger partial charge in [0.2, 0.25) is 0 Å². The maximum absolute atomic E-state index is 6.07. The Hall–Kier alpha value is -0.900. The lowest BCUT2D eigenvalue weighted by molar-refractivity contribution is 1.08. The van der Waals surface area contributed by atoms with E-state index in [1.54, 1.807) is 11.3 Å². The van der Waals surface area contributed by atoms with Crippen molar-refractivity contribution < 1.29 is 0 Å². The van der Waals surface area contributed by atoms with E-state index >= 15 is 0 Å². The lowest BCUT2D eigenvalue weighted by Crippen LogP contribution is -1.91. The van der Waals surface area contributed by atoms with Gasteiger partial charge in [0, 0.05) is 29.1 Å². The van der Waals surface area contributed by atoms with Gasteiger partial charge in [0.15, 0.2) is 0 Å². The molecule has 0 saturated heterocycles. The Bertz CT molecular complexity index is 453. The molecule has 2 N–H and O–H groups in total. The number of rotatable bonds is 3. The van der Waals surface area contributed by atoms with Crippen LogP contribution in [0.2, 0.25) is 5.02 Å². The van der Waals surface area contributed by atoms with Crippen LogP contribution in [0.4, 0.5) is 0 Å². The van der Waals surface area contributed by atoms with Gasteiger partial charge in [-0.3, -0.25) is 0 Å². The van der Waals surface area contributed by atoms with Crippen molar-refractivity contribution in [2.45, 2.75) is 13.0 Å². The second kappa shape index (κ2) is 4.75. The quantitative estimate of drug-likeness (QED) is 0.893. The van der Waals surface area contributed by atoms with Gasteiger partial charge in [-0.05, 0) is 11.6 Å². The lowest BCUT2D eigenvalue weighted by atomic mass is 10.2. The first kappa shape index (κ1) is 10.6. The van der Waals surface area contributed by atoms with E-state index in [0.717, 1.165) is 26.9 Å². The molecule has 0 aliphatic heterocycles. The zero-order valence-electron chi connectivity index (χ0n) is 8.11. The molecule has 15 heavy (non-hydrogen) atoms. The highest BCUT2D eigenvalue weighted by atomic mass is 35.5. The van der Waals surface area contributed by atoms with Crippen LogP contribution in [0.15, 0.2) is 30.5 Å². The SMILES string of the molecule is NCc1cnc(Cc2ccccc2Cl)s1. The molecule has 0 unspecified atom stereocenters. The highest BCUT2D eigenvalue weighted by Gasteiger charge is 2.04. The summed E-state index contributed by atoms with van der Waals surface area (Å²) >= 11 is 7.71. The molecular weight excluding hydrogens is 228 g/mol. The van der Waals surface area contributed by atoms with Crippen molar-refractivity contribution >= 4 is 22.9 Å². The van der Waals surface area contributed by atoms with Gasteiger partial charge in [-0.1, -0.05) is 29.8 Å². The molecule has 1 heterocycles. The Morgan fingerprint density at radius 2 is 2.13 bits per heavy atom. The molecule has 2 rings (SSSR count). The maximum Gasteiger partial charge on any atom is 0.0972 e. The Morgan fingerprint density at radius 1 is 1.33 bits per heavy atom. The average Bonchev–Trinajstić information content (AvgIpc) is 2.69. The fourth-order valence-corrected chi connectivity index (χ4v) is 2.36. The predicted octanol–water partition coefficient (Wildman–Crippen LogP) is 2.85. The fourth-order valence-electron chi connectivity index (χ4n) is 1.33. The Morgan fingerprint density at radius 3 is 2.80 bits per heavy atom. The zero-order valence-corrected chi connectivity index (χ0v) is 9.68. The van der Waals surface area contributed by atoms with Crippen LogP contribution in [-0.2, 0) is 13.0 Å². The van der Waals surface area contributed by atoms with Crippen LogP contribution >= 0.6 is 22.9 Å². The van der Waals surface area contributed by atoms with E-state index in [1.165, 1.54) is 0 Å². The van der Waals surface area contributed by atoms with E-state index in [-0.39, 0.29) is 0 Å². The summed E-state index contributed by atoms with van der Waals surface area (Å²) < 4.78 is 0. The Balaban J connectivity index is 2.18. The zero-order chi connectivity index (χ0) is 10.7. The number of hydrogen-bond acceptors (Lipinski definition) is 3. The highest BCUT2D eigenvalue weighted by molar-refractivity contribution is 7.11. The summed E-state index contributed by atoms with van der Waals surface area (Å²) in [7, 11) is 0. The van der Waals surface area contributed by atoms with Crippen LogP contribution in [0, 0.1) is 0 Å². The van der Waals surface area contributed by atoms with E-state index < -0.39 is 0 Å². The molecule has 0 aliphatic rings. The van der Waals surface area contributed by atoms with Crippen LogP contribution in [0.3, 0.4) is 0 Å². The van der Waals surface area contributed by atoms with Gasteiger partial charge in [0.1, 0.15) is 0 Å². The third kappa shape index (κ3) is 2.56.